The summed E-state index contributed by atoms with van der Waals surface area (Å²) in [5.74, 6) is -2.34. The van der Waals surface area contributed by atoms with Gasteiger partial charge in [-0.15, -0.1) is 0 Å². The molecule has 1 atom stereocenters. The molecule has 214 valence electrons. The van der Waals surface area contributed by atoms with Gasteiger partial charge in [-0.2, -0.15) is 0 Å². The molecule has 6 N–H and O–H groups in total. The van der Waals surface area contributed by atoms with E-state index in [0.29, 0.717) is 52.5 Å². The van der Waals surface area contributed by atoms with Crippen LogP contribution in [0.15, 0.2) is 24.3 Å². The molecule has 0 aliphatic carbocycles. The Morgan fingerprint density at radius 1 is 0.816 bits per heavy atom. The summed E-state index contributed by atoms with van der Waals surface area (Å²) in [5, 5.41) is 28.7. The smallest absolute Gasteiger partial charge is 0.320 e. The largest absolute Gasteiger partial charge is 0.480 e. The van der Waals surface area contributed by atoms with Crippen LogP contribution >= 0.6 is 22.6 Å². The van der Waals surface area contributed by atoms with Crippen molar-refractivity contribution in [3.63, 3.8) is 0 Å². The van der Waals surface area contributed by atoms with Gasteiger partial charge in [-0.1, -0.05) is 12.1 Å². The van der Waals surface area contributed by atoms with Crippen molar-refractivity contribution >= 4 is 46.3 Å². The van der Waals surface area contributed by atoms with Crippen LogP contribution in [0.25, 0.3) is 0 Å². The molecule has 0 saturated carbocycles. The zero-order valence-electron chi connectivity index (χ0n) is 21.5. The van der Waals surface area contributed by atoms with E-state index in [1.807, 2.05) is 0 Å². The van der Waals surface area contributed by atoms with Crippen LogP contribution in [-0.4, -0.2) is 99.2 Å². The lowest BCUT2D eigenvalue weighted by atomic mass is 10.1. The van der Waals surface area contributed by atoms with E-state index in [2.05, 4.69) is 68.1 Å². The fraction of sp³-hybridized carbons (Fsp3) is 0.600. The van der Waals surface area contributed by atoms with Gasteiger partial charge in [0, 0.05) is 42.6 Å². The van der Waals surface area contributed by atoms with Crippen molar-refractivity contribution in [2.75, 3.05) is 59.2 Å². The highest BCUT2D eigenvalue weighted by Gasteiger charge is 2.17. The molecule has 38 heavy (non-hydrogen) atoms. The van der Waals surface area contributed by atoms with Crippen LogP contribution < -0.4 is 21.3 Å². The third-order valence-corrected chi connectivity index (χ3v) is 5.94. The van der Waals surface area contributed by atoms with E-state index in [9.17, 15) is 24.3 Å². The molecule has 0 aliphatic heterocycles. The lowest BCUT2D eigenvalue weighted by Gasteiger charge is -2.14. The van der Waals surface area contributed by atoms with Crippen LogP contribution in [0.1, 0.15) is 31.2 Å². The van der Waals surface area contributed by atoms with Crippen molar-refractivity contribution in [2.45, 2.75) is 38.1 Å². The van der Waals surface area contributed by atoms with Crippen LogP contribution in [-0.2, 0) is 35.1 Å². The molecule has 13 heteroatoms. The molecule has 0 spiro atoms. The Labute approximate surface area is 236 Å². The number of aryl methyl sites for hydroxylation is 1. The molecule has 0 aromatic heterocycles. The summed E-state index contributed by atoms with van der Waals surface area (Å²) in [7, 11) is 0. The van der Waals surface area contributed by atoms with Crippen LogP contribution in [0.4, 0.5) is 0 Å². The van der Waals surface area contributed by atoms with Crippen molar-refractivity contribution < 1.29 is 38.9 Å². The van der Waals surface area contributed by atoms with E-state index in [4.69, 9.17) is 14.6 Å². The first-order chi connectivity index (χ1) is 18.3. The maximum atomic E-state index is 11.9. The molecule has 1 aromatic carbocycles. The number of hydrogen-bond donors (Lipinski definition) is 6. The average Bonchev–Trinajstić information content (AvgIpc) is 2.87. The van der Waals surface area contributed by atoms with Gasteiger partial charge in [-0.25, -0.2) is 0 Å². The van der Waals surface area contributed by atoms with Gasteiger partial charge in [0.05, 0.1) is 33.0 Å². The number of hydrogen-bond acceptors (Lipinski definition) is 8. The number of carbonyl (C=O) groups excluding carboxylic acids is 2. The van der Waals surface area contributed by atoms with Gasteiger partial charge in [-0.05, 0) is 59.5 Å². The topological polar surface area (TPSA) is 175 Å². The molecule has 1 unspecified atom stereocenters. The summed E-state index contributed by atoms with van der Waals surface area (Å²) < 4.78 is 12.0. The molecular weight excluding hydrogens is 611 g/mol. The van der Waals surface area contributed by atoms with Crippen LogP contribution in [0.2, 0.25) is 0 Å². The number of carbonyl (C=O) groups is 4. The van der Waals surface area contributed by atoms with Crippen molar-refractivity contribution in [2.24, 2.45) is 0 Å². The minimum Gasteiger partial charge on any atom is -0.480 e. The number of amides is 2. The fourth-order valence-electron chi connectivity index (χ4n) is 3.25. The summed E-state index contributed by atoms with van der Waals surface area (Å²) in [6.07, 6.45) is 2.28. The molecule has 0 fully saturated rings. The van der Waals surface area contributed by atoms with Gasteiger partial charge < -0.3 is 41.0 Å². The molecule has 2 amide bonds. The quantitative estimate of drug-likeness (QED) is 0.0718. The van der Waals surface area contributed by atoms with Crippen LogP contribution in [0, 0.1) is 3.57 Å². The summed E-state index contributed by atoms with van der Waals surface area (Å²) >= 11 is 2.26. The van der Waals surface area contributed by atoms with Gasteiger partial charge in [0.25, 0.3) is 0 Å². The maximum Gasteiger partial charge on any atom is 0.320 e. The highest BCUT2D eigenvalue weighted by Crippen LogP contribution is 2.09. The third kappa shape index (κ3) is 18.8. The molecule has 0 heterocycles. The Kier molecular flexibility index (Phi) is 19.1. The van der Waals surface area contributed by atoms with Crippen LogP contribution in [0.5, 0.6) is 0 Å². The Hall–Kier alpha value is -2.33. The Bertz CT molecular complexity index is 841. The van der Waals surface area contributed by atoms with E-state index in [-0.39, 0.29) is 37.7 Å². The first kappa shape index (κ1) is 33.7. The summed E-state index contributed by atoms with van der Waals surface area (Å²) in [6.45, 7) is 2.48. The van der Waals surface area contributed by atoms with Crippen molar-refractivity contribution in [3.05, 3.63) is 33.4 Å². The zero-order valence-corrected chi connectivity index (χ0v) is 23.7. The minimum absolute atomic E-state index is 0.00399. The molecule has 0 saturated heterocycles. The van der Waals surface area contributed by atoms with Gasteiger partial charge in [0.1, 0.15) is 6.04 Å². The predicted octanol–water partition coefficient (Wildman–Crippen LogP) is 0.377. The number of nitrogens with one attached hydrogen (secondary N) is 4. The fourth-order valence-corrected chi connectivity index (χ4v) is 3.61. The highest BCUT2D eigenvalue weighted by atomic mass is 127. The molecule has 1 rings (SSSR count). The molecular formula is C25H39IN4O8. The van der Waals surface area contributed by atoms with Crippen LogP contribution in [0.3, 0.4) is 0 Å². The molecule has 12 nitrogen and oxygen atoms in total. The second-order valence-electron chi connectivity index (χ2n) is 8.36. The van der Waals surface area contributed by atoms with Crippen molar-refractivity contribution in [3.8, 4) is 0 Å². The number of rotatable bonds is 23. The lowest BCUT2D eigenvalue weighted by molar-refractivity contribution is -0.140. The molecule has 0 bridgehead atoms. The zero-order chi connectivity index (χ0) is 28.0. The summed E-state index contributed by atoms with van der Waals surface area (Å²) in [5.41, 5.74) is 1.22. The normalized spacial score (nSPS) is 11.6. The maximum absolute atomic E-state index is 11.9. The summed E-state index contributed by atoms with van der Waals surface area (Å²) in [6, 6.07) is 7.37. The highest BCUT2D eigenvalue weighted by molar-refractivity contribution is 14.1. The minimum atomic E-state index is -1.07. The number of ether oxygens (including phenoxy) is 2. The first-order valence-corrected chi connectivity index (χ1v) is 13.7. The van der Waals surface area contributed by atoms with Gasteiger partial charge >= 0.3 is 11.9 Å². The van der Waals surface area contributed by atoms with Crippen molar-refractivity contribution in [1.29, 1.82) is 0 Å². The van der Waals surface area contributed by atoms with Crippen molar-refractivity contribution in [1.82, 2.24) is 21.3 Å². The average molecular weight is 651 g/mol. The lowest BCUT2D eigenvalue weighted by Crippen LogP contribution is -2.42. The second-order valence-corrected chi connectivity index (χ2v) is 9.60. The van der Waals surface area contributed by atoms with E-state index in [1.165, 1.54) is 9.13 Å². The number of carboxylic acids is 2. The van der Waals surface area contributed by atoms with Gasteiger partial charge in [-0.3, -0.25) is 19.2 Å². The van der Waals surface area contributed by atoms with Gasteiger partial charge in [0.2, 0.25) is 11.8 Å². The predicted molar refractivity (Wildman–Crippen MR) is 149 cm³/mol. The van der Waals surface area contributed by atoms with E-state index in [0.717, 1.165) is 12.8 Å². The van der Waals surface area contributed by atoms with E-state index in [1.54, 1.807) is 0 Å². The number of carboxylic acid groups (broad SMARTS) is 2. The first-order valence-electron chi connectivity index (χ1n) is 12.6. The SMILES string of the molecule is O=C(O)CNCCNC(CCC(=O)NCCOCCOCCNC(=O)CCCc1ccc(I)cc1)C(=O)O. The summed E-state index contributed by atoms with van der Waals surface area (Å²) in [4.78, 5) is 45.5. The molecule has 0 radical (unpaired) electrons. The number of aliphatic carboxylic acids is 2. The number of halogens is 1. The van der Waals surface area contributed by atoms with Gasteiger partial charge in [0.15, 0.2) is 0 Å². The Balaban J connectivity index is 1.93. The Morgan fingerprint density at radius 3 is 2.00 bits per heavy atom. The van der Waals surface area contributed by atoms with E-state index < -0.39 is 18.0 Å². The monoisotopic (exact) mass is 650 g/mol. The van der Waals surface area contributed by atoms with E-state index >= 15 is 0 Å². The third-order valence-electron chi connectivity index (χ3n) is 5.22. The molecule has 0 aliphatic rings. The standard InChI is InChI=1S/C25H39IN4O8/c26-20-6-4-19(5-7-20)2-1-3-22(31)29-12-14-37-16-17-38-15-13-30-23(32)9-8-21(25(35)36)28-11-10-27-18-24(33)34/h4-7,21,27-28H,1-3,8-18H2,(H,29,31)(H,30,32)(H,33,34)(H,35,36). The second kappa shape index (κ2) is 21.6. The Morgan fingerprint density at radius 2 is 1.42 bits per heavy atom. The molecule has 1 aromatic rings. The number of benzene rings is 1.